The van der Waals surface area contributed by atoms with Crippen LogP contribution < -0.4 is 10.2 Å². The van der Waals surface area contributed by atoms with Gasteiger partial charge >= 0.3 is 12.2 Å². The summed E-state index contributed by atoms with van der Waals surface area (Å²) in [4.78, 5) is 48.0. The van der Waals surface area contributed by atoms with E-state index in [1.807, 2.05) is 30.4 Å². The highest BCUT2D eigenvalue weighted by Crippen LogP contribution is 2.36. The van der Waals surface area contributed by atoms with Gasteiger partial charge in [-0.3, -0.25) is 14.6 Å². The standard InChI is InChI=1S/C28H28ClN5O5/c1-33(27(36)37)19-10-11-20-21(15-19)31-25(35)9-4-2-3-8-23(26-30-16-22(20)32-26)34-13-12-24(39-28(34)38)17-6-5-7-18(29)14-17/h2-3,5-7,10-11,14-16,23-24H,4,8-9,12-13H2,1H3,(H,30,32)(H,31,35)(H,36,37)/b3-2+/t23-,24-/m0/s1. The van der Waals surface area contributed by atoms with Gasteiger partial charge in [-0.1, -0.05) is 35.9 Å². The maximum atomic E-state index is 13.2. The van der Waals surface area contributed by atoms with Gasteiger partial charge in [0.05, 0.1) is 23.6 Å². The molecule has 0 spiro atoms. The van der Waals surface area contributed by atoms with E-state index in [0.717, 1.165) is 10.5 Å². The molecule has 3 N–H and O–H groups in total. The third kappa shape index (κ3) is 5.75. The normalized spacial score (nSPS) is 20.4. The molecule has 0 radical (unpaired) electrons. The molecule has 0 aliphatic carbocycles. The fourth-order valence-corrected chi connectivity index (χ4v) is 5.01. The summed E-state index contributed by atoms with van der Waals surface area (Å²) in [5, 5.41) is 12.9. The van der Waals surface area contributed by atoms with Gasteiger partial charge in [-0.15, -0.1) is 0 Å². The molecule has 3 aromatic rings. The lowest BCUT2D eigenvalue weighted by atomic mass is 10.0. The van der Waals surface area contributed by atoms with E-state index in [1.165, 1.54) is 7.05 Å². The molecule has 2 aromatic carbocycles. The molecule has 3 amide bonds. The molecule has 0 unspecified atom stereocenters. The summed E-state index contributed by atoms with van der Waals surface area (Å²) < 4.78 is 5.81. The highest BCUT2D eigenvalue weighted by molar-refractivity contribution is 6.30. The van der Waals surface area contributed by atoms with Crippen LogP contribution in [0.3, 0.4) is 0 Å². The van der Waals surface area contributed by atoms with Gasteiger partial charge in [-0.05, 0) is 48.7 Å². The number of hydrogen-bond acceptors (Lipinski definition) is 5. The predicted molar refractivity (Wildman–Crippen MR) is 147 cm³/mol. The first-order valence-electron chi connectivity index (χ1n) is 12.6. The summed E-state index contributed by atoms with van der Waals surface area (Å²) in [5.74, 6) is 0.384. The number of H-pyrrole nitrogens is 1. The monoisotopic (exact) mass is 549 g/mol. The van der Waals surface area contributed by atoms with Crippen LogP contribution in [0.4, 0.5) is 21.0 Å². The minimum absolute atomic E-state index is 0.196. The Kier molecular flexibility index (Phi) is 7.56. The van der Waals surface area contributed by atoms with Crippen molar-refractivity contribution in [3.8, 4) is 11.3 Å². The van der Waals surface area contributed by atoms with Crippen LogP contribution in [0.5, 0.6) is 0 Å². The molecular weight excluding hydrogens is 522 g/mol. The number of halogens is 1. The number of carbonyl (C=O) groups is 3. The molecule has 3 heterocycles. The molecule has 1 fully saturated rings. The molecule has 39 heavy (non-hydrogen) atoms. The van der Waals surface area contributed by atoms with Crippen LogP contribution in [-0.2, 0) is 9.53 Å². The van der Waals surface area contributed by atoms with Crippen LogP contribution in [0.2, 0.25) is 5.02 Å². The molecule has 1 aromatic heterocycles. The number of nitrogens with zero attached hydrogens (tertiary/aromatic N) is 3. The van der Waals surface area contributed by atoms with Gasteiger partial charge in [0, 0.05) is 42.7 Å². The van der Waals surface area contributed by atoms with E-state index >= 15 is 0 Å². The van der Waals surface area contributed by atoms with Gasteiger partial charge in [-0.25, -0.2) is 14.6 Å². The van der Waals surface area contributed by atoms with Gasteiger partial charge < -0.3 is 20.1 Å². The molecule has 0 saturated carbocycles. The number of aromatic nitrogens is 2. The molecule has 2 aliphatic heterocycles. The number of cyclic esters (lactones) is 1. The third-order valence-electron chi connectivity index (χ3n) is 6.92. The number of carboxylic acid groups (broad SMARTS) is 1. The summed E-state index contributed by atoms with van der Waals surface area (Å²) in [7, 11) is 1.43. The number of anilines is 2. The Balaban J connectivity index is 1.45. The van der Waals surface area contributed by atoms with Gasteiger partial charge in [0.1, 0.15) is 11.9 Å². The average Bonchev–Trinajstić information content (AvgIpc) is 3.40. The Morgan fingerprint density at radius 3 is 2.82 bits per heavy atom. The van der Waals surface area contributed by atoms with Crippen LogP contribution in [0, 0.1) is 0 Å². The van der Waals surface area contributed by atoms with Crippen molar-refractivity contribution < 1.29 is 24.2 Å². The molecule has 2 aliphatic rings. The first kappa shape index (κ1) is 26.3. The highest BCUT2D eigenvalue weighted by Gasteiger charge is 2.35. The zero-order valence-electron chi connectivity index (χ0n) is 21.3. The van der Waals surface area contributed by atoms with Crippen molar-refractivity contribution in [2.45, 2.75) is 37.8 Å². The van der Waals surface area contributed by atoms with Crippen molar-refractivity contribution in [3.63, 3.8) is 0 Å². The Bertz CT molecular complexity index is 1440. The summed E-state index contributed by atoms with van der Waals surface area (Å²) in [6.07, 6.45) is 5.41. The molecule has 2 bridgehead atoms. The van der Waals surface area contributed by atoms with Gasteiger partial charge in [0.15, 0.2) is 0 Å². The second kappa shape index (κ2) is 11.2. The molecule has 1 saturated heterocycles. The highest BCUT2D eigenvalue weighted by atomic mass is 35.5. The molecule has 202 valence electrons. The number of allylic oxidation sites excluding steroid dienone is 1. The topological polar surface area (TPSA) is 128 Å². The van der Waals surface area contributed by atoms with Crippen LogP contribution in [0.1, 0.15) is 49.2 Å². The second-order valence-electron chi connectivity index (χ2n) is 9.47. The maximum absolute atomic E-state index is 13.2. The number of hydrogen-bond donors (Lipinski definition) is 3. The Morgan fingerprint density at radius 2 is 2.05 bits per heavy atom. The first-order valence-corrected chi connectivity index (χ1v) is 13.0. The Morgan fingerprint density at radius 1 is 1.21 bits per heavy atom. The molecule has 2 atom stereocenters. The summed E-state index contributed by atoms with van der Waals surface area (Å²) in [5.41, 5.74) is 3.00. The van der Waals surface area contributed by atoms with Crippen LogP contribution in [-0.4, -0.2) is 51.7 Å². The lowest BCUT2D eigenvalue weighted by Gasteiger charge is -2.36. The van der Waals surface area contributed by atoms with E-state index in [1.54, 1.807) is 35.4 Å². The van der Waals surface area contributed by atoms with Crippen molar-refractivity contribution in [1.82, 2.24) is 14.9 Å². The molecule has 11 heteroatoms. The van der Waals surface area contributed by atoms with Crippen molar-refractivity contribution >= 4 is 41.1 Å². The van der Waals surface area contributed by atoms with E-state index in [-0.39, 0.29) is 18.4 Å². The lowest BCUT2D eigenvalue weighted by Crippen LogP contribution is -2.41. The van der Waals surface area contributed by atoms with Crippen LogP contribution in [0.15, 0.2) is 60.8 Å². The number of fused-ring (bicyclic) bond motifs is 4. The quantitative estimate of drug-likeness (QED) is 0.336. The number of rotatable bonds is 3. The number of ether oxygens (including phenoxy) is 1. The second-order valence-corrected chi connectivity index (χ2v) is 9.91. The summed E-state index contributed by atoms with van der Waals surface area (Å²) in [6.45, 7) is 0.464. The zero-order valence-corrected chi connectivity index (χ0v) is 22.0. The largest absolute Gasteiger partial charge is 0.465 e. The SMILES string of the molecule is CN(C(=O)O)c1ccc2c(c1)NC(=O)CC/C=C/C[C@H](N1CC[C@@H](c3cccc(Cl)c3)OC1=O)c1ncc-2[nH]1. The van der Waals surface area contributed by atoms with Crippen molar-refractivity contribution in [2.24, 2.45) is 0 Å². The van der Waals surface area contributed by atoms with E-state index in [9.17, 15) is 19.5 Å². The van der Waals surface area contributed by atoms with Crippen LogP contribution >= 0.6 is 11.6 Å². The summed E-state index contributed by atoms with van der Waals surface area (Å²) >= 11 is 6.13. The maximum Gasteiger partial charge on any atom is 0.411 e. The van der Waals surface area contributed by atoms with Crippen molar-refractivity contribution in [3.05, 3.63) is 77.2 Å². The lowest BCUT2D eigenvalue weighted by molar-refractivity contribution is -0.116. The molecule has 10 nitrogen and oxygen atoms in total. The Labute approximate surface area is 230 Å². The smallest absolute Gasteiger partial charge is 0.411 e. The van der Waals surface area contributed by atoms with Gasteiger partial charge in [0.2, 0.25) is 5.91 Å². The van der Waals surface area contributed by atoms with E-state index in [4.69, 9.17) is 16.3 Å². The minimum atomic E-state index is -1.12. The predicted octanol–water partition coefficient (Wildman–Crippen LogP) is 6.15. The van der Waals surface area contributed by atoms with E-state index in [0.29, 0.717) is 59.3 Å². The number of imidazole rings is 1. The number of carbonyl (C=O) groups excluding carboxylic acids is 2. The molecular formula is C28H28ClN5O5. The van der Waals surface area contributed by atoms with Gasteiger partial charge in [0.25, 0.3) is 0 Å². The van der Waals surface area contributed by atoms with Crippen molar-refractivity contribution in [1.29, 1.82) is 0 Å². The van der Waals surface area contributed by atoms with E-state index < -0.39 is 18.2 Å². The van der Waals surface area contributed by atoms with E-state index in [2.05, 4.69) is 15.3 Å². The van der Waals surface area contributed by atoms with Gasteiger partial charge in [-0.2, -0.15) is 0 Å². The fraction of sp³-hybridized carbons (Fsp3) is 0.286. The number of aromatic amines is 1. The molecule has 5 rings (SSSR count). The Hall–Kier alpha value is -4.31. The number of amides is 3. The first-order chi connectivity index (χ1) is 18.8. The average molecular weight is 550 g/mol. The minimum Gasteiger partial charge on any atom is -0.465 e. The fourth-order valence-electron chi connectivity index (χ4n) is 4.81. The summed E-state index contributed by atoms with van der Waals surface area (Å²) in [6, 6.07) is 11.9. The zero-order chi connectivity index (χ0) is 27.5. The third-order valence-corrected chi connectivity index (χ3v) is 7.16. The van der Waals surface area contributed by atoms with Crippen molar-refractivity contribution in [2.75, 3.05) is 23.8 Å². The number of nitrogens with one attached hydrogen (secondary N) is 2. The van der Waals surface area contributed by atoms with Crippen LogP contribution in [0.25, 0.3) is 11.3 Å². The number of benzene rings is 2.